The molecule has 3 aliphatic carbocycles. The van der Waals surface area contributed by atoms with Gasteiger partial charge in [-0.3, -0.25) is 24.1 Å². The molecule has 1 saturated heterocycles. The Morgan fingerprint density at radius 1 is 1.11 bits per heavy atom. The van der Waals surface area contributed by atoms with E-state index in [4.69, 9.17) is 11.6 Å². The van der Waals surface area contributed by atoms with Crippen LogP contribution in [0.3, 0.4) is 0 Å². The van der Waals surface area contributed by atoms with Gasteiger partial charge in [0.2, 0.25) is 11.8 Å². The van der Waals surface area contributed by atoms with E-state index in [0.29, 0.717) is 33.7 Å². The van der Waals surface area contributed by atoms with Crippen molar-refractivity contribution in [3.63, 3.8) is 0 Å². The molecule has 2 amide bonds. The molecule has 0 spiro atoms. The van der Waals surface area contributed by atoms with E-state index in [1.54, 1.807) is 19.1 Å². The maximum absolute atomic E-state index is 13.7. The van der Waals surface area contributed by atoms with Gasteiger partial charge < -0.3 is 5.11 Å². The molecule has 36 heavy (non-hydrogen) atoms. The highest BCUT2D eigenvalue weighted by Gasteiger charge is 2.56. The number of carbonyl (C=O) groups excluding carboxylic acids is 4. The SMILES string of the molecule is CC1=CC(=O)C2=C(C1=O)[C@@H](c1cc(Cl)ccc1O)C1=CC[C@@H]3C(=O)N(Cc4cccs4)C(=O)[C@@H]3[C@@H]1C2. The number of Topliss-reactive ketones (excluding diaryl/α,β-unsaturated/α-hetero) is 1. The number of phenolic OH excluding ortho intramolecular Hbond substituents is 1. The highest BCUT2D eigenvalue weighted by molar-refractivity contribution is 7.09. The molecule has 2 aromatic rings. The van der Waals surface area contributed by atoms with Crippen LogP contribution in [0.15, 0.2) is 70.2 Å². The molecule has 8 heteroatoms. The van der Waals surface area contributed by atoms with Crippen LogP contribution in [-0.2, 0) is 25.7 Å². The van der Waals surface area contributed by atoms with E-state index in [-0.39, 0.29) is 42.1 Å². The number of fused-ring (bicyclic) bond motifs is 3. The van der Waals surface area contributed by atoms with Gasteiger partial charge in [-0.1, -0.05) is 29.3 Å². The number of carbonyl (C=O) groups is 4. The van der Waals surface area contributed by atoms with Crippen LogP contribution in [0.4, 0.5) is 0 Å². The Kier molecular flexibility index (Phi) is 5.39. The second kappa shape index (κ2) is 8.39. The van der Waals surface area contributed by atoms with Crippen molar-refractivity contribution >= 4 is 46.3 Å². The van der Waals surface area contributed by atoms with Crippen molar-refractivity contribution in [2.75, 3.05) is 0 Å². The Morgan fingerprint density at radius 2 is 1.92 bits per heavy atom. The number of nitrogens with zero attached hydrogens (tertiary/aromatic N) is 1. The summed E-state index contributed by atoms with van der Waals surface area (Å²) in [5.41, 5.74) is 2.25. The number of phenols is 1. The molecule has 0 unspecified atom stereocenters. The summed E-state index contributed by atoms with van der Waals surface area (Å²) in [7, 11) is 0. The van der Waals surface area contributed by atoms with Gasteiger partial charge in [-0.2, -0.15) is 0 Å². The van der Waals surface area contributed by atoms with E-state index in [0.717, 1.165) is 10.5 Å². The van der Waals surface area contributed by atoms with Crippen LogP contribution in [-0.4, -0.2) is 33.4 Å². The van der Waals surface area contributed by atoms with E-state index < -0.39 is 23.7 Å². The lowest BCUT2D eigenvalue weighted by atomic mass is 9.59. The molecular formula is C28H22ClNO5S. The normalized spacial score (nSPS) is 27.6. The topological polar surface area (TPSA) is 91.8 Å². The Hall–Kier alpha value is -3.29. The summed E-state index contributed by atoms with van der Waals surface area (Å²) >= 11 is 7.77. The minimum Gasteiger partial charge on any atom is -0.508 e. The third kappa shape index (κ3) is 3.37. The fraction of sp³-hybridized carbons (Fsp3) is 0.286. The summed E-state index contributed by atoms with van der Waals surface area (Å²) in [6.07, 6.45) is 3.85. The zero-order valence-corrected chi connectivity index (χ0v) is 20.9. The smallest absolute Gasteiger partial charge is 0.234 e. The van der Waals surface area contributed by atoms with E-state index in [1.807, 2.05) is 23.6 Å². The molecule has 0 bridgehead atoms. The van der Waals surface area contributed by atoms with Crippen molar-refractivity contribution in [3.05, 3.63) is 85.6 Å². The number of ketones is 2. The van der Waals surface area contributed by atoms with Crippen LogP contribution < -0.4 is 0 Å². The molecule has 6 rings (SSSR count). The number of thiophene rings is 1. The minimum atomic E-state index is -0.715. The number of likely N-dealkylation sites (tertiary alicyclic amines) is 1. The van der Waals surface area contributed by atoms with Crippen molar-refractivity contribution in [1.82, 2.24) is 4.90 Å². The second-order valence-corrected chi connectivity index (χ2v) is 11.2. The Balaban J connectivity index is 1.48. The fourth-order valence-electron chi connectivity index (χ4n) is 6.25. The second-order valence-electron chi connectivity index (χ2n) is 9.77. The van der Waals surface area contributed by atoms with Crippen LogP contribution >= 0.6 is 22.9 Å². The summed E-state index contributed by atoms with van der Waals surface area (Å²) < 4.78 is 0. The highest BCUT2D eigenvalue weighted by atomic mass is 35.5. The number of hydrogen-bond acceptors (Lipinski definition) is 6. The van der Waals surface area contributed by atoms with Gasteiger partial charge in [-0.15, -0.1) is 11.3 Å². The number of benzene rings is 1. The molecular weight excluding hydrogens is 498 g/mol. The minimum absolute atomic E-state index is 0.0412. The van der Waals surface area contributed by atoms with Crippen molar-refractivity contribution in [3.8, 4) is 5.75 Å². The Bertz CT molecular complexity index is 1450. The van der Waals surface area contributed by atoms with Crippen molar-refractivity contribution < 1.29 is 24.3 Å². The van der Waals surface area contributed by atoms with Crippen LogP contribution in [0.25, 0.3) is 0 Å². The van der Waals surface area contributed by atoms with E-state index in [9.17, 15) is 24.3 Å². The molecule has 1 fully saturated rings. The largest absolute Gasteiger partial charge is 0.508 e. The van der Waals surface area contributed by atoms with Crippen molar-refractivity contribution in [2.45, 2.75) is 32.2 Å². The number of halogens is 1. The van der Waals surface area contributed by atoms with Crippen LogP contribution in [0.1, 0.15) is 36.1 Å². The van der Waals surface area contributed by atoms with Gasteiger partial charge in [0.05, 0.1) is 18.4 Å². The first-order valence-electron chi connectivity index (χ1n) is 11.8. The van der Waals surface area contributed by atoms with E-state index >= 15 is 0 Å². The molecule has 0 saturated carbocycles. The predicted octanol–water partition coefficient (Wildman–Crippen LogP) is 4.74. The number of rotatable bonds is 3. The lowest BCUT2D eigenvalue weighted by Gasteiger charge is -2.42. The molecule has 1 aromatic carbocycles. The molecule has 2 heterocycles. The van der Waals surface area contributed by atoms with Crippen molar-refractivity contribution in [1.29, 1.82) is 0 Å². The molecule has 0 radical (unpaired) electrons. The van der Waals surface area contributed by atoms with Crippen LogP contribution in [0.2, 0.25) is 5.02 Å². The third-order valence-electron chi connectivity index (χ3n) is 7.85. The van der Waals surface area contributed by atoms with Gasteiger partial charge in [-0.05, 0) is 61.4 Å². The monoisotopic (exact) mass is 519 g/mol. The molecule has 1 aliphatic heterocycles. The van der Waals surface area contributed by atoms with Crippen LogP contribution in [0.5, 0.6) is 5.75 Å². The summed E-state index contributed by atoms with van der Waals surface area (Å²) in [6, 6.07) is 8.42. The maximum Gasteiger partial charge on any atom is 0.234 e. The molecule has 1 N–H and O–H groups in total. The summed E-state index contributed by atoms with van der Waals surface area (Å²) in [5, 5.41) is 13.1. The van der Waals surface area contributed by atoms with E-state index in [1.165, 1.54) is 28.4 Å². The van der Waals surface area contributed by atoms with Gasteiger partial charge >= 0.3 is 0 Å². The Morgan fingerprint density at radius 3 is 2.67 bits per heavy atom. The lowest BCUT2D eigenvalue weighted by Crippen LogP contribution is -2.39. The number of imide groups is 1. The third-order valence-corrected chi connectivity index (χ3v) is 8.95. The zero-order chi connectivity index (χ0) is 25.3. The molecule has 182 valence electrons. The average Bonchev–Trinajstić information content (AvgIpc) is 3.46. The van der Waals surface area contributed by atoms with Crippen LogP contribution in [0, 0.1) is 17.8 Å². The molecule has 4 aliphatic rings. The first-order chi connectivity index (χ1) is 17.3. The zero-order valence-electron chi connectivity index (χ0n) is 19.4. The van der Waals surface area contributed by atoms with Gasteiger partial charge in [-0.25, -0.2) is 0 Å². The van der Waals surface area contributed by atoms with Gasteiger partial charge in [0.15, 0.2) is 11.6 Å². The van der Waals surface area contributed by atoms with Gasteiger partial charge in [0.1, 0.15) is 5.75 Å². The van der Waals surface area contributed by atoms with Crippen molar-refractivity contribution in [2.24, 2.45) is 17.8 Å². The molecule has 4 atom stereocenters. The lowest BCUT2D eigenvalue weighted by molar-refractivity contribution is -0.140. The van der Waals surface area contributed by atoms with Gasteiger partial charge in [0.25, 0.3) is 0 Å². The summed E-state index contributed by atoms with van der Waals surface area (Å²) in [5.74, 6) is -3.26. The number of amides is 2. The maximum atomic E-state index is 13.7. The van der Waals surface area contributed by atoms with E-state index in [2.05, 4.69) is 0 Å². The summed E-state index contributed by atoms with van der Waals surface area (Å²) in [6.45, 7) is 1.84. The number of allylic oxidation sites excluding steroid dienone is 6. The Labute approximate surface area is 216 Å². The van der Waals surface area contributed by atoms with Gasteiger partial charge in [0, 0.05) is 38.1 Å². The quantitative estimate of drug-likeness (QED) is 0.359. The fourth-order valence-corrected chi connectivity index (χ4v) is 7.13. The number of hydrogen-bond donors (Lipinski definition) is 1. The average molecular weight is 520 g/mol. The number of aromatic hydroxyl groups is 1. The first kappa shape index (κ1) is 23.1. The molecule has 6 nitrogen and oxygen atoms in total. The summed E-state index contributed by atoms with van der Waals surface area (Å²) in [4.78, 5) is 55.8. The standard InChI is InChI=1S/C28H22ClNO5S/c1-13-9-22(32)20-11-18-16(23(25(20)26(13)33)19-10-14(29)4-7-21(19)31)5-6-17-24(18)28(35)30(27(17)34)12-15-3-2-8-36-15/h2-5,7-10,17-18,23-24,31H,6,11-12H2,1H3/t17-,18+,23+,24-/m0/s1. The highest BCUT2D eigenvalue weighted by Crippen LogP contribution is 2.56. The predicted molar refractivity (Wildman–Crippen MR) is 134 cm³/mol. The first-order valence-corrected chi connectivity index (χ1v) is 13.1. The molecule has 1 aromatic heterocycles.